The Kier molecular flexibility index (Phi) is 2.23. The van der Waals surface area contributed by atoms with Crippen LogP contribution in [0.25, 0.3) is 0 Å². The van der Waals surface area contributed by atoms with Crippen molar-refractivity contribution < 1.29 is 0 Å². The van der Waals surface area contributed by atoms with Crippen LogP contribution in [0, 0.1) is 11.3 Å². The molecule has 1 aromatic heterocycles. The maximum atomic E-state index is 8.22. The summed E-state index contributed by atoms with van der Waals surface area (Å²) in [4.78, 5) is 7.46. The third kappa shape index (κ3) is 1.79. The van der Waals surface area contributed by atoms with Gasteiger partial charge in [0.15, 0.2) is 0 Å². The number of nitrogen functional groups attached to an aromatic ring is 1. The van der Waals surface area contributed by atoms with E-state index in [9.17, 15) is 0 Å². The first kappa shape index (κ1) is 7.28. The minimum absolute atomic E-state index is 0.206. The monoisotopic (exact) mass is 149 g/mol. The number of nitrogens with zero attached hydrogens (tertiary/aromatic N) is 3. The second-order valence-corrected chi connectivity index (χ2v) is 1.83. The molecular formula is C6H7N5. The van der Waals surface area contributed by atoms with Crippen LogP contribution in [0.15, 0.2) is 12.5 Å². The summed E-state index contributed by atoms with van der Waals surface area (Å²) in [6.07, 6.45) is 2.88. The minimum Gasteiger partial charge on any atom is -0.382 e. The van der Waals surface area contributed by atoms with E-state index in [1.54, 1.807) is 0 Å². The number of rotatable bonds is 2. The van der Waals surface area contributed by atoms with Gasteiger partial charge in [0.1, 0.15) is 18.7 Å². The van der Waals surface area contributed by atoms with Crippen molar-refractivity contribution in [3.05, 3.63) is 12.5 Å². The predicted molar refractivity (Wildman–Crippen MR) is 40.5 cm³/mol. The van der Waals surface area contributed by atoms with Gasteiger partial charge in [-0.15, -0.1) is 0 Å². The van der Waals surface area contributed by atoms with Crippen molar-refractivity contribution in [3.63, 3.8) is 0 Å². The minimum atomic E-state index is 0.206. The third-order valence-electron chi connectivity index (χ3n) is 1.10. The van der Waals surface area contributed by atoms with Crippen LogP contribution in [0.1, 0.15) is 0 Å². The largest absolute Gasteiger partial charge is 0.382 e. The molecule has 0 unspecified atom stereocenters. The van der Waals surface area contributed by atoms with E-state index in [0.717, 1.165) is 0 Å². The van der Waals surface area contributed by atoms with Crippen molar-refractivity contribution in [2.75, 3.05) is 17.6 Å². The Bertz CT molecular complexity index is 277. The average molecular weight is 149 g/mol. The van der Waals surface area contributed by atoms with E-state index >= 15 is 0 Å². The first-order chi connectivity index (χ1) is 5.34. The Labute approximate surface area is 63.9 Å². The number of hydrogen-bond donors (Lipinski definition) is 2. The summed E-state index contributed by atoms with van der Waals surface area (Å²) in [7, 11) is 0. The van der Waals surface area contributed by atoms with Crippen molar-refractivity contribution in [1.29, 1.82) is 5.26 Å². The highest BCUT2D eigenvalue weighted by Gasteiger charge is 1.95. The number of anilines is 2. The van der Waals surface area contributed by atoms with Gasteiger partial charge >= 0.3 is 0 Å². The van der Waals surface area contributed by atoms with Gasteiger partial charge in [0.05, 0.1) is 18.0 Å². The molecule has 1 heterocycles. The number of aromatic nitrogens is 2. The van der Waals surface area contributed by atoms with E-state index in [1.807, 2.05) is 6.07 Å². The fraction of sp³-hybridized carbons (Fsp3) is 0.167. The Balaban J connectivity index is 2.71. The van der Waals surface area contributed by atoms with Crippen LogP contribution in [0.4, 0.5) is 11.5 Å². The molecule has 0 atom stereocenters. The molecule has 0 aliphatic rings. The summed E-state index contributed by atoms with van der Waals surface area (Å²) in [5.74, 6) is 0.357. The van der Waals surface area contributed by atoms with Crippen LogP contribution < -0.4 is 11.1 Å². The van der Waals surface area contributed by atoms with Crippen molar-refractivity contribution >= 4 is 11.5 Å². The number of nitrogens with two attached hydrogens (primary N) is 1. The first-order valence-corrected chi connectivity index (χ1v) is 3.01. The smallest absolute Gasteiger partial charge is 0.150 e. The van der Waals surface area contributed by atoms with Crippen molar-refractivity contribution in [3.8, 4) is 6.07 Å². The quantitative estimate of drug-likeness (QED) is 0.577. The van der Waals surface area contributed by atoms with Gasteiger partial charge < -0.3 is 11.1 Å². The zero-order valence-corrected chi connectivity index (χ0v) is 5.78. The molecule has 1 aromatic rings. The molecule has 0 aromatic carbocycles. The van der Waals surface area contributed by atoms with Crippen LogP contribution >= 0.6 is 0 Å². The topological polar surface area (TPSA) is 87.6 Å². The van der Waals surface area contributed by atoms with E-state index < -0.39 is 0 Å². The molecule has 0 radical (unpaired) electrons. The van der Waals surface area contributed by atoms with Crippen LogP contribution in [-0.2, 0) is 0 Å². The highest BCUT2D eigenvalue weighted by Crippen LogP contribution is 2.10. The maximum absolute atomic E-state index is 8.22. The van der Waals surface area contributed by atoms with Gasteiger partial charge in [0.25, 0.3) is 0 Å². The molecule has 11 heavy (non-hydrogen) atoms. The first-order valence-electron chi connectivity index (χ1n) is 3.01. The van der Waals surface area contributed by atoms with Gasteiger partial charge in [-0.25, -0.2) is 9.97 Å². The average Bonchev–Trinajstić information content (AvgIpc) is 2.03. The van der Waals surface area contributed by atoms with Crippen molar-refractivity contribution in [2.24, 2.45) is 0 Å². The van der Waals surface area contributed by atoms with Gasteiger partial charge in [-0.1, -0.05) is 0 Å². The fourth-order valence-electron chi connectivity index (χ4n) is 0.610. The van der Waals surface area contributed by atoms with Crippen molar-refractivity contribution in [1.82, 2.24) is 9.97 Å². The molecule has 0 fully saturated rings. The maximum Gasteiger partial charge on any atom is 0.150 e. The van der Waals surface area contributed by atoms with Crippen LogP contribution in [0.3, 0.4) is 0 Å². The number of nitrogens with one attached hydrogen (secondary N) is 1. The number of hydrogen-bond acceptors (Lipinski definition) is 5. The molecule has 0 aliphatic carbocycles. The second kappa shape index (κ2) is 3.37. The molecule has 0 saturated heterocycles. The Morgan fingerprint density at radius 2 is 2.55 bits per heavy atom. The van der Waals surface area contributed by atoms with Crippen LogP contribution in [0.5, 0.6) is 0 Å². The van der Waals surface area contributed by atoms with Gasteiger partial charge in [0, 0.05) is 0 Å². The van der Waals surface area contributed by atoms with Gasteiger partial charge in [-0.3, -0.25) is 0 Å². The summed E-state index contributed by atoms with van der Waals surface area (Å²) in [5.41, 5.74) is 6.03. The van der Waals surface area contributed by atoms with E-state index in [-0.39, 0.29) is 6.54 Å². The molecule has 0 spiro atoms. The van der Waals surface area contributed by atoms with Crippen LogP contribution in [-0.4, -0.2) is 16.5 Å². The molecule has 0 saturated carbocycles. The summed E-state index contributed by atoms with van der Waals surface area (Å²) < 4.78 is 0. The van der Waals surface area contributed by atoms with E-state index in [0.29, 0.717) is 11.5 Å². The standard InChI is InChI=1S/C6H7N5/c7-1-2-10-5-3-9-4-11-6(5)8/h3-4,10H,2H2,(H2,8,9,11). The van der Waals surface area contributed by atoms with E-state index in [1.165, 1.54) is 12.5 Å². The molecule has 3 N–H and O–H groups in total. The summed E-state index contributed by atoms with van der Waals surface area (Å²) in [6, 6.07) is 1.92. The normalized spacial score (nSPS) is 8.64. The molecule has 0 bridgehead atoms. The Morgan fingerprint density at radius 1 is 1.73 bits per heavy atom. The predicted octanol–water partition coefficient (Wildman–Crippen LogP) is -0.00572. The molecule has 5 nitrogen and oxygen atoms in total. The highest BCUT2D eigenvalue weighted by atomic mass is 15.0. The molecule has 0 aliphatic heterocycles. The van der Waals surface area contributed by atoms with Crippen molar-refractivity contribution in [2.45, 2.75) is 0 Å². The lowest BCUT2D eigenvalue weighted by Crippen LogP contribution is -2.03. The summed E-state index contributed by atoms with van der Waals surface area (Å²) in [5, 5.41) is 11.0. The van der Waals surface area contributed by atoms with Gasteiger partial charge in [0.2, 0.25) is 0 Å². The van der Waals surface area contributed by atoms with E-state index in [2.05, 4.69) is 15.3 Å². The van der Waals surface area contributed by atoms with Gasteiger partial charge in [-0.2, -0.15) is 5.26 Å². The second-order valence-electron chi connectivity index (χ2n) is 1.83. The Hall–Kier alpha value is -1.83. The van der Waals surface area contributed by atoms with Crippen LogP contribution in [0.2, 0.25) is 0 Å². The molecule has 1 rings (SSSR count). The molecular weight excluding hydrogens is 142 g/mol. The molecule has 56 valence electrons. The molecule has 0 amide bonds. The fourth-order valence-corrected chi connectivity index (χ4v) is 0.610. The number of nitriles is 1. The highest BCUT2D eigenvalue weighted by molar-refractivity contribution is 5.59. The molecule has 5 heteroatoms. The van der Waals surface area contributed by atoms with Gasteiger partial charge in [-0.05, 0) is 0 Å². The lowest BCUT2D eigenvalue weighted by Gasteiger charge is -2.01. The lowest BCUT2D eigenvalue weighted by molar-refractivity contribution is 1.16. The van der Waals surface area contributed by atoms with E-state index in [4.69, 9.17) is 11.0 Å². The zero-order chi connectivity index (χ0) is 8.10. The third-order valence-corrected chi connectivity index (χ3v) is 1.10. The summed E-state index contributed by atoms with van der Waals surface area (Å²) in [6.45, 7) is 0.206. The SMILES string of the molecule is N#CCNc1cncnc1N. The summed E-state index contributed by atoms with van der Waals surface area (Å²) >= 11 is 0. The zero-order valence-electron chi connectivity index (χ0n) is 5.78. The Morgan fingerprint density at radius 3 is 3.18 bits per heavy atom. The lowest BCUT2D eigenvalue weighted by atomic mass is 10.4.